The molecule has 6 nitrogen and oxygen atoms in total. The molecule has 1 aromatic heterocycles. The van der Waals surface area contributed by atoms with Crippen molar-refractivity contribution in [1.29, 1.82) is 0 Å². The fourth-order valence-electron chi connectivity index (χ4n) is 4.15. The van der Waals surface area contributed by atoms with Crippen molar-refractivity contribution in [2.45, 2.75) is 38.9 Å². The van der Waals surface area contributed by atoms with E-state index in [0.717, 1.165) is 12.1 Å². The molecule has 3 rings (SSSR count). The number of thiophene rings is 1. The van der Waals surface area contributed by atoms with Crippen LogP contribution in [0, 0.1) is 5.92 Å². The second kappa shape index (κ2) is 11.0. The molecule has 0 unspecified atom stereocenters. The molecule has 34 heavy (non-hydrogen) atoms. The lowest BCUT2D eigenvalue weighted by atomic mass is 9.88. The van der Waals surface area contributed by atoms with Crippen LogP contribution in [0.15, 0.2) is 41.8 Å². The van der Waals surface area contributed by atoms with Crippen LogP contribution in [0.2, 0.25) is 0 Å². The zero-order valence-electron chi connectivity index (χ0n) is 19.1. The number of nitrogens with one attached hydrogen (secondary N) is 1. The van der Waals surface area contributed by atoms with Crippen molar-refractivity contribution in [3.63, 3.8) is 0 Å². The number of alkyl halides is 3. The molecule has 2 aromatic rings. The lowest BCUT2D eigenvalue weighted by Gasteiger charge is -2.37. The molecule has 184 valence electrons. The van der Waals surface area contributed by atoms with Gasteiger partial charge in [0.2, 0.25) is 5.91 Å². The molecule has 1 aliphatic heterocycles. The molecule has 3 amide bonds. The number of likely N-dealkylation sites (N-methyl/N-ethyl adjacent to an activating group) is 1. The van der Waals surface area contributed by atoms with Gasteiger partial charge in [-0.3, -0.25) is 14.4 Å². The number of halogens is 3. The normalized spacial score (nSPS) is 15.6. The Morgan fingerprint density at radius 2 is 1.71 bits per heavy atom. The van der Waals surface area contributed by atoms with Crippen molar-refractivity contribution in [1.82, 2.24) is 15.1 Å². The lowest BCUT2D eigenvalue weighted by Crippen LogP contribution is -2.54. The Morgan fingerprint density at radius 3 is 2.21 bits per heavy atom. The smallest absolute Gasteiger partial charge is 0.341 e. The van der Waals surface area contributed by atoms with E-state index in [-0.39, 0.29) is 29.2 Å². The molecule has 10 heteroatoms. The van der Waals surface area contributed by atoms with Gasteiger partial charge in [0.1, 0.15) is 6.04 Å². The first-order valence-electron chi connectivity index (χ1n) is 11.2. The number of amides is 3. The van der Waals surface area contributed by atoms with E-state index < -0.39 is 17.8 Å². The van der Waals surface area contributed by atoms with Gasteiger partial charge >= 0.3 is 6.18 Å². The molecule has 1 N–H and O–H groups in total. The second-order valence-corrected chi connectivity index (χ2v) is 9.09. The van der Waals surface area contributed by atoms with Crippen LogP contribution >= 0.6 is 11.3 Å². The molecule has 0 spiro atoms. The van der Waals surface area contributed by atoms with Gasteiger partial charge in [-0.05, 0) is 68.3 Å². The van der Waals surface area contributed by atoms with Gasteiger partial charge in [-0.25, -0.2) is 0 Å². The lowest BCUT2D eigenvalue weighted by molar-refractivity contribution is -0.137. The summed E-state index contributed by atoms with van der Waals surface area (Å²) in [6.07, 6.45) is -3.47. The summed E-state index contributed by atoms with van der Waals surface area (Å²) in [4.78, 5) is 42.5. The molecule has 0 aliphatic carbocycles. The van der Waals surface area contributed by atoms with Crippen molar-refractivity contribution >= 4 is 29.1 Å². The van der Waals surface area contributed by atoms with Crippen molar-refractivity contribution in [3.05, 3.63) is 57.8 Å². The Kier molecular flexibility index (Phi) is 8.35. The average molecular weight is 496 g/mol. The van der Waals surface area contributed by atoms with Gasteiger partial charge in [0, 0.05) is 31.7 Å². The maximum Gasteiger partial charge on any atom is 0.416 e. The summed E-state index contributed by atoms with van der Waals surface area (Å²) in [5.41, 5.74) is -0.616. The molecule has 0 radical (unpaired) electrons. The van der Waals surface area contributed by atoms with Gasteiger partial charge < -0.3 is 15.1 Å². The summed E-state index contributed by atoms with van der Waals surface area (Å²) in [6, 6.07) is 6.93. The molecule has 1 saturated heterocycles. The van der Waals surface area contributed by atoms with Crippen LogP contribution in [0.5, 0.6) is 0 Å². The number of nitrogens with zero attached hydrogens (tertiary/aromatic N) is 2. The summed E-state index contributed by atoms with van der Waals surface area (Å²) in [6.45, 7) is 5.50. The van der Waals surface area contributed by atoms with Crippen LogP contribution in [-0.4, -0.2) is 59.7 Å². The fraction of sp³-hybridized carbons (Fsp3) is 0.458. The van der Waals surface area contributed by atoms with Gasteiger partial charge in [-0.2, -0.15) is 13.2 Å². The van der Waals surface area contributed by atoms with Gasteiger partial charge in [-0.1, -0.05) is 6.07 Å². The maximum absolute atomic E-state index is 13.2. The standard InChI is InChI=1S/C24H28F3N3O3S/c1-3-29(4-2)23(33)20(28-21(31)19-6-5-15-34-19)16-11-13-30(14-12-16)22(32)17-7-9-18(10-8-17)24(25,26)27/h5-10,15-16,20H,3-4,11-14H2,1-2H3,(H,28,31)/t20-/m1/s1. The van der Waals surface area contributed by atoms with Gasteiger partial charge in [-0.15, -0.1) is 11.3 Å². The number of hydrogen-bond acceptors (Lipinski definition) is 4. The summed E-state index contributed by atoms with van der Waals surface area (Å²) in [5, 5.41) is 4.70. The van der Waals surface area contributed by atoms with Crippen LogP contribution in [0.1, 0.15) is 52.3 Å². The highest BCUT2D eigenvalue weighted by Gasteiger charge is 2.36. The number of likely N-dealkylation sites (tertiary alicyclic amines) is 1. The minimum atomic E-state index is -4.46. The van der Waals surface area contributed by atoms with E-state index in [4.69, 9.17) is 0 Å². The molecule has 2 heterocycles. The van der Waals surface area contributed by atoms with Crippen molar-refractivity contribution < 1.29 is 27.6 Å². The number of piperidine rings is 1. The van der Waals surface area contributed by atoms with Crippen LogP contribution in [0.4, 0.5) is 13.2 Å². The predicted molar refractivity (Wildman–Crippen MR) is 124 cm³/mol. The zero-order chi connectivity index (χ0) is 24.9. The Hall–Kier alpha value is -2.88. The van der Waals surface area contributed by atoms with Gasteiger partial charge in [0.25, 0.3) is 11.8 Å². The molecule has 0 saturated carbocycles. The van der Waals surface area contributed by atoms with Crippen molar-refractivity contribution in [2.75, 3.05) is 26.2 Å². The molecule has 0 bridgehead atoms. The van der Waals surface area contributed by atoms with Crippen molar-refractivity contribution in [2.24, 2.45) is 5.92 Å². The largest absolute Gasteiger partial charge is 0.416 e. The molecule has 1 atom stereocenters. The van der Waals surface area contributed by atoms with Crippen LogP contribution in [-0.2, 0) is 11.0 Å². The van der Waals surface area contributed by atoms with E-state index in [9.17, 15) is 27.6 Å². The number of benzene rings is 1. The molecule has 1 fully saturated rings. The first kappa shape index (κ1) is 25.7. The Bertz CT molecular complexity index is 981. The van der Waals surface area contributed by atoms with E-state index in [0.29, 0.717) is 43.9 Å². The highest BCUT2D eigenvalue weighted by Crippen LogP contribution is 2.30. The fourth-order valence-corrected chi connectivity index (χ4v) is 4.78. The number of hydrogen-bond donors (Lipinski definition) is 1. The zero-order valence-corrected chi connectivity index (χ0v) is 19.9. The van der Waals surface area contributed by atoms with E-state index in [1.165, 1.54) is 23.5 Å². The van der Waals surface area contributed by atoms with Gasteiger partial charge in [0.05, 0.1) is 10.4 Å². The monoisotopic (exact) mass is 495 g/mol. The quantitative estimate of drug-likeness (QED) is 0.623. The van der Waals surface area contributed by atoms with E-state index >= 15 is 0 Å². The van der Waals surface area contributed by atoms with E-state index in [2.05, 4.69) is 5.32 Å². The van der Waals surface area contributed by atoms with Gasteiger partial charge in [0.15, 0.2) is 0 Å². The third-order valence-corrected chi connectivity index (χ3v) is 7.00. The van der Waals surface area contributed by atoms with Crippen molar-refractivity contribution in [3.8, 4) is 0 Å². The molecular weight excluding hydrogens is 467 g/mol. The number of rotatable bonds is 7. The van der Waals surface area contributed by atoms with Crippen LogP contribution < -0.4 is 5.32 Å². The molecular formula is C24H28F3N3O3S. The summed E-state index contributed by atoms with van der Waals surface area (Å²) in [7, 11) is 0. The summed E-state index contributed by atoms with van der Waals surface area (Å²) < 4.78 is 38.4. The summed E-state index contributed by atoms with van der Waals surface area (Å²) >= 11 is 1.30. The average Bonchev–Trinajstić information content (AvgIpc) is 3.37. The molecule has 1 aliphatic rings. The highest BCUT2D eigenvalue weighted by atomic mass is 32.1. The Labute approximate surface area is 200 Å². The first-order valence-corrected chi connectivity index (χ1v) is 12.1. The third kappa shape index (κ3) is 5.97. The van der Waals surface area contributed by atoms with E-state index in [1.54, 1.807) is 27.3 Å². The third-order valence-electron chi connectivity index (χ3n) is 6.13. The minimum absolute atomic E-state index is 0.151. The van der Waals surface area contributed by atoms with E-state index in [1.807, 2.05) is 13.8 Å². The predicted octanol–water partition coefficient (Wildman–Crippen LogP) is 4.29. The topological polar surface area (TPSA) is 69.7 Å². The number of carbonyl (C=O) groups is 3. The summed E-state index contributed by atoms with van der Waals surface area (Å²) in [5.74, 6) is -0.957. The minimum Gasteiger partial charge on any atom is -0.341 e. The van der Waals surface area contributed by atoms with Crippen LogP contribution in [0.3, 0.4) is 0 Å². The second-order valence-electron chi connectivity index (χ2n) is 8.14. The Morgan fingerprint density at radius 1 is 1.09 bits per heavy atom. The van der Waals surface area contributed by atoms with Crippen LogP contribution in [0.25, 0.3) is 0 Å². The molecule has 1 aromatic carbocycles. The SMILES string of the molecule is CCN(CC)C(=O)[C@H](NC(=O)c1cccs1)C1CCN(C(=O)c2ccc(C(F)(F)F)cc2)CC1. The first-order chi connectivity index (χ1) is 16.2. The maximum atomic E-state index is 13.2. The Balaban J connectivity index is 1.69. The number of carbonyl (C=O) groups excluding carboxylic acids is 3. The highest BCUT2D eigenvalue weighted by molar-refractivity contribution is 7.12.